The highest BCUT2D eigenvalue weighted by Crippen LogP contribution is 2.62. The third-order valence-corrected chi connectivity index (χ3v) is 12.8. The Hall–Kier alpha value is -7.95. The molecule has 2 aliphatic carbocycles. The summed E-state index contributed by atoms with van der Waals surface area (Å²) in [5.41, 5.74) is 16.2. The number of hydrogen-bond acceptors (Lipinski definition) is 3. The maximum Gasteiger partial charge on any atom is 0.164 e. The first-order valence-electron chi connectivity index (χ1n) is 20.5. The minimum atomic E-state index is -0.446. The minimum Gasteiger partial charge on any atom is -0.309 e. The van der Waals surface area contributed by atoms with Crippen molar-refractivity contribution in [1.82, 2.24) is 19.5 Å². The van der Waals surface area contributed by atoms with Gasteiger partial charge in [-0.25, -0.2) is 15.0 Å². The minimum absolute atomic E-state index is 0.446. The van der Waals surface area contributed by atoms with E-state index in [1.165, 1.54) is 66.1 Å². The summed E-state index contributed by atoms with van der Waals surface area (Å²) in [5.74, 6) is 1.92. The summed E-state index contributed by atoms with van der Waals surface area (Å²) in [6.45, 7) is 0. The maximum atomic E-state index is 5.09. The first-order valence-corrected chi connectivity index (χ1v) is 20.5. The Morgan fingerprint density at radius 2 is 0.783 bits per heavy atom. The molecular weight excluding hydrogens is 729 g/mol. The molecule has 4 nitrogen and oxygen atoms in total. The van der Waals surface area contributed by atoms with E-state index in [0.29, 0.717) is 17.5 Å². The van der Waals surface area contributed by atoms with E-state index < -0.39 is 5.41 Å². The van der Waals surface area contributed by atoms with Crippen molar-refractivity contribution in [3.05, 3.63) is 229 Å². The molecule has 0 fully saturated rings. The Morgan fingerprint density at radius 1 is 0.317 bits per heavy atom. The molecule has 278 valence electrons. The molecule has 1 spiro atoms. The van der Waals surface area contributed by atoms with Crippen LogP contribution < -0.4 is 0 Å². The van der Waals surface area contributed by atoms with Crippen LogP contribution in [0, 0.1) is 0 Å². The lowest BCUT2D eigenvalue weighted by molar-refractivity contribution is 0.773. The molecule has 2 aromatic heterocycles. The van der Waals surface area contributed by atoms with E-state index in [-0.39, 0.29) is 0 Å². The van der Waals surface area contributed by atoms with E-state index in [4.69, 9.17) is 15.0 Å². The van der Waals surface area contributed by atoms with Crippen LogP contribution in [-0.2, 0) is 5.41 Å². The van der Waals surface area contributed by atoms with E-state index in [1.807, 2.05) is 36.4 Å². The zero-order valence-corrected chi connectivity index (χ0v) is 32.4. The average Bonchev–Trinajstić information content (AvgIpc) is 3.82. The summed E-state index contributed by atoms with van der Waals surface area (Å²) < 4.78 is 2.43. The second kappa shape index (κ2) is 12.5. The van der Waals surface area contributed by atoms with Gasteiger partial charge in [-0.05, 0) is 79.5 Å². The molecule has 0 N–H and O–H groups in total. The molecule has 2 aliphatic rings. The van der Waals surface area contributed by atoms with Crippen molar-refractivity contribution in [2.24, 2.45) is 0 Å². The van der Waals surface area contributed by atoms with Crippen molar-refractivity contribution in [1.29, 1.82) is 0 Å². The van der Waals surface area contributed by atoms with Gasteiger partial charge in [0.15, 0.2) is 17.5 Å². The Bertz CT molecular complexity index is 3440. The molecule has 2 heterocycles. The van der Waals surface area contributed by atoms with Gasteiger partial charge in [0, 0.05) is 33.2 Å². The van der Waals surface area contributed by atoms with Crippen molar-refractivity contribution in [2.75, 3.05) is 0 Å². The van der Waals surface area contributed by atoms with Crippen LogP contribution in [0.25, 0.3) is 94.7 Å². The smallest absolute Gasteiger partial charge is 0.164 e. The monoisotopic (exact) mass is 762 g/mol. The average molecular weight is 763 g/mol. The summed E-state index contributed by atoms with van der Waals surface area (Å²) >= 11 is 0. The van der Waals surface area contributed by atoms with Crippen LogP contribution in [0.2, 0.25) is 0 Å². The van der Waals surface area contributed by atoms with Gasteiger partial charge in [-0.2, -0.15) is 0 Å². The van der Waals surface area contributed by atoms with Gasteiger partial charge in [0.2, 0.25) is 0 Å². The van der Waals surface area contributed by atoms with Crippen LogP contribution in [0.5, 0.6) is 0 Å². The quantitative estimate of drug-likeness (QED) is 0.179. The third-order valence-electron chi connectivity index (χ3n) is 12.8. The van der Waals surface area contributed by atoms with Crippen molar-refractivity contribution < 1.29 is 0 Å². The maximum absolute atomic E-state index is 5.09. The molecule has 13 rings (SSSR count). The number of rotatable bonds is 4. The Morgan fingerprint density at radius 3 is 1.42 bits per heavy atom. The fraction of sp³-hybridized carbons (Fsp3) is 0.0179. The van der Waals surface area contributed by atoms with Gasteiger partial charge in [0.05, 0.1) is 16.4 Å². The van der Waals surface area contributed by atoms with Crippen LogP contribution in [0.4, 0.5) is 0 Å². The lowest BCUT2D eigenvalue weighted by Crippen LogP contribution is -2.31. The van der Waals surface area contributed by atoms with Gasteiger partial charge in [-0.15, -0.1) is 0 Å². The van der Waals surface area contributed by atoms with Gasteiger partial charge in [0.25, 0.3) is 0 Å². The van der Waals surface area contributed by atoms with Crippen LogP contribution in [-0.4, -0.2) is 19.5 Å². The highest BCUT2D eigenvalue weighted by Gasteiger charge is 2.50. The molecule has 11 aromatic rings. The van der Waals surface area contributed by atoms with Gasteiger partial charge in [-0.3, -0.25) is 0 Å². The van der Waals surface area contributed by atoms with Crippen LogP contribution >= 0.6 is 0 Å². The van der Waals surface area contributed by atoms with Crippen LogP contribution in [0.15, 0.2) is 206 Å². The SMILES string of the molecule is c1ccc(-c2nc(-c3ccccc3)nc(-c3cccc(-n4c5ccccc5c5c6cccc7c6c(cc54)-c4ccccc4C74c5ccccc5-c5ccccc54)c3)n2)cc1. The van der Waals surface area contributed by atoms with E-state index in [1.54, 1.807) is 0 Å². The summed E-state index contributed by atoms with van der Waals surface area (Å²) in [4.78, 5) is 15.1. The molecule has 60 heavy (non-hydrogen) atoms. The molecule has 9 aromatic carbocycles. The summed E-state index contributed by atoms with van der Waals surface area (Å²) in [7, 11) is 0. The number of para-hydroxylation sites is 1. The fourth-order valence-corrected chi connectivity index (χ4v) is 10.5. The molecule has 0 saturated heterocycles. The number of fused-ring (bicyclic) bond motifs is 13. The number of nitrogens with zero attached hydrogens (tertiary/aromatic N) is 4. The van der Waals surface area contributed by atoms with Crippen molar-refractivity contribution in [3.63, 3.8) is 0 Å². The van der Waals surface area contributed by atoms with Gasteiger partial charge in [-0.1, -0.05) is 182 Å². The molecule has 0 saturated carbocycles. The zero-order valence-electron chi connectivity index (χ0n) is 32.4. The third kappa shape index (κ3) is 4.47. The van der Waals surface area contributed by atoms with Gasteiger partial charge < -0.3 is 4.57 Å². The molecule has 0 bridgehead atoms. The highest BCUT2D eigenvalue weighted by atomic mass is 15.0. The lowest BCUT2D eigenvalue weighted by atomic mass is 9.61. The number of aromatic nitrogens is 4. The summed E-state index contributed by atoms with van der Waals surface area (Å²) in [6.07, 6.45) is 0. The molecule has 0 unspecified atom stereocenters. The van der Waals surface area contributed by atoms with E-state index in [2.05, 4.69) is 174 Å². The van der Waals surface area contributed by atoms with E-state index >= 15 is 0 Å². The molecular formula is C56H34N4. The molecule has 4 heteroatoms. The van der Waals surface area contributed by atoms with Crippen molar-refractivity contribution >= 4 is 32.6 Å². The number of benzene rings is 9. The van der Waals surface area contributed by atoms with Crippen molar-refractivity contribution in [2.45, 2.75) is 5.41 Å². The first-order chi connectivity index (χ1) is 29.8. The zero-order chi connectivity index (χ0) is 39.4. The van der Waals surface area contributed by atoms with Gasteiger partial charge >= 0.3 is 0 Å². The predicted molar refractivity (Wildman–Crippen MR) is 244 cm³/mol. The number of hydrogen-bond donors (Lipinski definition) is 0. The van der Waals surface area contributed by atoms with Crippen LogP contribution in [0.3, 0.4) is 0 Å². The molecule has 0 amide bonds. The van der Waals surface area contributed by atoms with Crippen molar-refractivity contribution in [3.8, 4) is 62.1 Å². The Balaban J connectivity index is 1.09. The lowest BCUT2D eigenvalue weighted by Gasteiger charge is -2.40. The van der Waals surface area contributed by atoms with E-state index in [0.717, 1.165) is 33.4 Å². The predicted octanol–water partition coefficient (Wildman–Crippen LogP) is 13.5. The molecule has 0 radical (unpaired) electrons. The largest absolute Gasteiger partial charge is 0.309 e. The summed E-state index contributed by atoms with van der Waals surface area (Å²) in [6, 6.07) is 74.5. The first kappa shape index (κ1) is 33.1. The molecule has 0 atom stereocenters. The summed E-state index contributed by atoms with van der Waals surface area (Å²) in [5, 5.41) is 5.06. The fourth-order valence-electron chi connectivity index (χ4n) is 10.5. The second-order valence-electron chi connectivity index (χ2n) is 15.9. The standard InChI is InChI=1S/C56H34N4/c1-3-17-35(18-4-1)53-57-54(36-19-5-2-6-20-36)59-55(58-53)37-21-15-22-38(33-37)60-49-32-14-10-26-42(49)52-43-27-16-31-48-51(43)44(34-50(52)60)41-25-9-13-30-47(41)56(48)45-28-11-7-23-39(45)40-24-8-12-29-46(40)56/h1-34H. The molecule has 0 aliphatic heterocycles. The normalized spacial score (nSPS) is 13.1. The highest BCUT2D eigenvalue weighted by molar-refractivity contribution is 6.26. The van der Waals surface area contributed by atoms with Crippen LogP contribution in [0.1, 0.15) is 22.3 Å². The Kier molecular flexibility index (Phi) is 6.90. The van der Waals surface area contributed by atoms with Gasteiger partial charge in [0.1, 0.15) is 0 Å². The topological polar surface area (TPSA) is 43.6 Å². The second-order valence-corrected chi connectivity index (χ2v) is 15.9. The Labute approximate surface area is 346 Å². The van der Waals surface area contributed by atoms with E-state index in [9.17, 15) is 0 Å².